The first kappa shape index (κ1) is 24.3. The summed E-state index contributed by atoms with van der Waals surface area (Å²) >= 11 is 0. The van der Waals surface area contributed by atoms with Gasteiger partial charge in [-0.3, -0.25) is 0 Å². The standard InChI is InChI=1S/C32H38N4/c1-9-25-26(10-2)32-27(11-3)31-20(7)19(6)30(35-31)21(8)29-18(5)15-24(34-29)16-22-13-14-23(33-22)17-28(25)36(32)12-4/h13-17,35H,9-12H2,1-8H3. The summed E-state index contributed by atoms with van der Waals surface area (Å²) in [6, 6.07) is 4.38. The second kappa shape index (κ2) is 9.24. The largest absolute Gasteiger partial charge is 0.355 e. The first-order valence-corrected chi connectivity index (χ1v) is 13.4. The third-order valence-corrected chi connectivity index (χ3v) is 8.02. The molecule has 4 nitrogen and oxygen atoms in total. The minimum absolute atomic E-state index is 0.923. The van der Waals surface area contributed by atoms with Gasteiger partial charge in [0, 0.05) is 28.6 Å². The Labute approximate surface area is 214 Å². The summed E-state index contributed by atoms with van der Waals surface area (Å²) in [7, 11) is 0. The average molecular weight is 479 g/mol. The zero-order valence-electron chi connectivity index (χ0n) is 23.1. The van der Waals surface area contributed by atoms with E-state index in [0.29, 0.717) is 0 Å². The van der Waals surface area contributed by atoms with Crippen LogP contribution in [0.4, 0.5) is 0 Å². The Balaban J connectivity index is 2.11. The second-order valence-corrected chi connectivity index (χ2v) is 10.0. The summed E-state index contributed by atoms with van der Waals surface area (Å²) in [4.78, 5) is 13.9. The van der Waals surface area contributed by atoms with E-state index in [1.165, 1.54) is 61.0 Å². The van der Waals surface area contributed by atoms with E-state index < -0.39 is 0 Å². The molecule has 4 heteroatoms. The molecule has 0 spiro atoms. The topological polar surface area (TPSA) is 46.5 Å². The molecule has 1 N–H and O–H groups in total. The van der Waals surface area contributed by atoms with Crippen molar-refractivity contribution in [3.8, 4) is 0 Å². The Morgan fingerprint density at radius 1 is 0.694 bits per heavy atom. The van der Waals surface area contributed by atoms with Crippen LogP contribution in [-0.2, 0) is 25.8 Å². The molecule has 3 aromatic rings. The van der Waals surface area contributed by atoms with Crippen LogP contribution < -0.4 is 0 Å². The molecule has 5 rings (SSSR count). The summed E-state index contributed by atoms with van der Waals surface area (Å²) in [5.41, 5.74) is 18.4. The van der Waals surface area contributed by atoms with E-state index in [0.717, 1.165) is 48.6 Å². The molecule has 0 unspecified atom stereocenters. The third kappa shape index (κ3) is 3.66. The van der Waals surface area contributed by atoms with Gasteiger partial charge in [0.25, 0.3) is 0 Å². The molecule has 3 aromatic heterocycles. The Kier molecular flexibility index (Phi) is 6.23. The van der Waals surface area contributed by atoms with Crippen LogP contribution in [-0.4, -0.2) is 19.5 Å². The molecule has 0 amide bonds. The van der Waals surface area contributed by atoms with Crippen LogP contribution in [0.3, 0.4) is 0 Å². The van der Waals surface area contributed by atoms with Gasteiger partial charge >= 0.3 is 0 Å². The summed E-state index contributed by atoms with van der Waals surface area (Å²) < 4.78 is 2.53. The number of nitrogens with zero attached hydrogens (tertiary/aromatic N) is 3. The van der Waals surface area contributed by atoms with Crippen molar-refractivity contribution in [2.45, 2.75) is 81.2 Å². The zero-order valence-corrected chi connectivity index (χ0v) is 23.1. The highest BCUT2D eigenvalue weighted by Crippen LogP contribution is 2.34. The predicted molar refractivity (Wildman–Crippen MR) is 155 cm³/mol. The Morgan fingerprint density at radius 3 is 1.97 bits per heavy atom. The number of aromatic nitrogens is 4. The second-order valence-electron chi connectivity index (χ2n) is 10.0. The van der Waals surface area contributed by atoms with Crippen molar-refractivity contribution in [3.63, 3.8) is 0 Å². The number of aryl methyl sites for hydroxylation is 7. The summed E-state index contributed by atoms with van der Waals surface area (Å²) in [6.07, 6.45) is 9.38. The average Bonchev–Trinajstić information content (AvgIpc) is 3.60. The number of hydrogen-bond acceptors (Lipinski definition) is 2. The minimum atomic E-state index is 0.923. The number of rotatable bonds is 4. The number of hydrogen-bond donors (Lipinski definition) is 1. The molecule has 0 radical (unpaired) electrons. The number of aromatic amines is 1. The molecule has 0 atom stereocenters. The lowest BCUT2D eigenvalue weighted by molar-refractivity contribution is 0.816. The van der Waals surface area contributed by atoms with Gasteiger partial charge in [-0.05, 0) is 123 Å². The van der Waals surface area contributed by atoms with Crippen molar-refractivity contribution in [1.82, 2.24) is 19.5 Å². The third-order valence-electron chi connectivity index (χ3n) is 8.02. The molecular weight excluding hydrogens is 440 g/mol. The first-order valence-electron chi connectivity index (χ1n) is 13.4. The fourth-order valence-corrected chi connectivity index (χ4v) is 6.14. The minimum Gasteiger partial charge on any atom is -0.355 e. The predicted octanol–water partition coefficient (Wildman–Crippen LogP) is 8.15. The Hall–Kier alpha value is -3.40. The lowest BCUT2D eigenvalue weighted by Gasteiger charge is -2.09. The van der Waals surface area contributed by atoms with Crippen LogP contribution >= 0.6 is 0 Å². The lowest BCUT2D eigenvalue weighted by atomic mass is 10.0. The van der Waals surface area contributed by atoms with E-state index in [9.17, 15) is 0 Å². The molecule has 0 aliphatic carbocycles. The molecule has 0 saturated carbocycles. The van der Waals surface area contributed by atoms with Crippen LogP contribution in [0.1, 0.15) is 90.8 Å². The zero-order chi connectivity index (χ0) is 25.7. The van der Waals surface area contributed by atoms with Crippen molar-refractivity contribution in [2.24, 2.45) is 0 Å². The lowest BCUT2D eigenvalue weighted by Crippen LogP contribution is -1.98. The van der Waals surface area contributed by atoms with E-state index in [-0.39, 0.29) is 0 Å². The van der Waals surface area contributed by atoms with Crippen LogP contribution in [0.2, 0.25) is 0 Å². The fraction of sp³-hybridized carbons (Fsp3) is 0.375. The normalized spacial score (nSPS) is 12.9. The number of fused-ring (bicyclic) bond motifs is 8. The molecule has 0 fully saturated rings. The summed E-state index contributed by atoms with van der Waals surface area (Å²) in [5, 5.41) is 0. The first-order chi connectivity index (χ1) is 17.3. The van der Waals surface area contributed by atoms with Crippen LogP contribution in [0.15, 0.2) is 12.1 Å². The molecule has 0 aromatic carbocycles. The molecule has 2 aliphatic heterocycles. The van der Waals surface area contributed by atoms with Gasteiger partial charge in [-0.2, -0.15) is 0 Å². The van der Waals surface area contributed by atoms with Crippen molar-refractivity contribution >= 4 is 45.9 Å². The summed E-state index contributed by atoms with van der Waals surface area (Å²) in [6.45, 7) is 18.9. The van der Waals surface area contributed by atoms with Gasteiger partial charge in [0.2, 0.25) is 0 Å². The van der Waals surface area contributed by atoms with Gasteiger partial charge in [-0.25, -0.2) is 9.97 Å². The SMILES string of the molecule is CCc1c(CC)c2c(CC)c3[nH]c(c(C)c4nc(cc5nc(cc1n2CC)C=C5)C=C4C)c(C)c3C. The molecule has 8 bridgehead atoms. The Morgan fingerprint density at radius 2 is 1.33 bits per heavy atom. The van der Waals surface area contributed by atoms with E-state index in [4.69, 9.17) is 9.97 Å². The number of nitrogens with one attached hydrogen (secondary N) is 1. The number of allylic oxidation sites excluding steroid dienone is 1. The van der Waals surface area contributed by atoms with Crippen molar-refractivity contribution in [1.29, 1.82) is 0 Å². The van der Waals surface area contributed by atoms with Gasteiger partial charge in [-0.15, -0.1) is 0 Å². The smallest absolute Gasteiger partial charge is 0.0716 e. The Bertz CT molecular complexity index is 1610. The van der Waals surface area contributed by atoms with Gasteiger partial charge in [-0.1, -0.05) is 20.8 Å². The molecule has 36 heavy (non-hydrogen) atoms. The maximum absolute atomic E-state index is 5.02. The maximum atomic E-state index is 5.02. The van der Waals surface area contributed by atoms with E-state index >= 15 is 0 Å². The maximum Gasteiger partial charge on any atom is 0.0716 e. The van der Waals surface area contributed by atoms with Gasteiger partial charge in [0.1, 0.15) is 0 Å². The highest BCUT2D eigenvalue weighted by molar-refractivity contribution is 5.89. The quantitative estimate of drug-likeness (QED) is 0.322. The van der Waals surface area contributed by atoms with E-state index in [2.05, 4.69) is 95.3 Å². The van der Waals surface area contributed by atoms with Crippen LogP contribution in [0, 0.1) is 20.8 Å². The van der Waals surface area contributed by atoms with Gasteiger partial charge in [0.05, 0.1) is 22.8 Å². The van der Waals surface area contributed by atoms with Crippen LogP contribution in [0.5, 0.6) is 0 Å². The van der Waals surface area contributed by atoms with Crippen molar-refractivity contribution in [2.75, 3.05) is 0 Å². The van der Waals surface area contributed by atoms with E-state index in [1.807, 2.05) is 0 Å². The van der Waals surface area contributed by atoms with Crippen molar-refractivity contribution in [3.05, 3.63) is 68.3 Å². The van der Waals surface area contributed by atoms with Gasteiger partial charge < -0.3 is 9.55 Å². The molecule has 5 heterocycles. The molecule has 2 aliphatic rings. The molecule has 0 saturated heterocycles. The molecular formula is C32H38N4. The number of H-pyrrole nitrogens is 1. The summed E-state index contributed by atoms with van der Waals surface area (Å²) in [5.74, 6) is 0. The van der Waals surface area contributed by atoms with Crippen LogP contribution in [0.25, 0.3) is 45.9 Å². The van der Waals surface area contributed by atoms with Gasteiger partial charge in [0.15, 0.2) is 0 Å². The monoisotopic (exact) mass is 478 g/mol. The van der Waals surface area contributed by atoms with E-state index in [1.54, 1.807) is 0 Å². The fourth-order valence-electron chi connectivity index (χ4n) is 6.14. The molecule has 186 valence electrons. The highest BCUT2D eigenvalue weighted by Gasteiger charge is 2.19. The highest BCUT2D eigenvalue weighted by atomic mass is 15.0. The van der Waals surface area contributed by atoms with Crippen molar-refractivity contribution < 1.29 is 0 Å².